The molecule has 0 bridgehead atoms. The Hall–Kier alpha value is -3.48. The van der Waals surface area contributed by atoms with E-state index in [1.807, 2.05) is 41.5 Å². The lowest BCUT2D eigenvalue weighted by Crippen LogP contribution is -2.49. The van der Waals surface area contributed by atoms with E-state index in [0.717, 1.165) is 77.0 Å². The highest BCUT2D eigenvalue weighted by atomic mass is 16.2. The first-order valence-electron chi connectivity index (χ1n) is 33.9. The van der Waals surface area contributed by atoms with Crippen molar-refractivity contribution in [2.45, 2.75) is 331 Å². The molecule has 6 amide bonds. The van der Waals surface area contributed by atoms with Gasteiger partial charge in [-0.05, 0) is 74.5 Å². The molecule has 0 heterocycles. The number of hydrogen-bond donors (Lipinski definition) is 3. The monoisotopic (exact) mass is 1130 g/mol. The van der Waals surface area contributed by atoms with Crippen molar-refractivity contribution in [1.82, 2.24) is 14.7 Å². The van der Waals surface area contributed by atoms with E-state index < -0.39 is 53.6 Å². The third-order valence-electron chi connectivity index (χ3n) is 16.0. The molecule has 3 unspecified atom stereocenters. The van der Waals surface area contributed by atoms with Crippen LogP contribution in [0.5, 0.6) is 0 Å². The molecular weight excluding hydrogens is 1010 g/mol. The topological polar surface area (TPSA) is 190 Å². The van der Waals surface area contributed by atoms with Crippen LogP contribution in [0.15, 0.2) is 18.2 Å². The van der Waals surface area contributed by atoms with E-state index in [0.29, 0.717) is 38.5 Å². The van der Waals surface area contributed by atoms with Gasteiger partial charge in [0.05, 0.1) is 18.1 Å². The molecule has 12 heteroatoms. The summed E-state index contributed by atoms with van der Waals surface area (Å²) in [5.74, 6) is -3.35. The Morgan fingerprint density at radius 3 is 0.617 bits per heavy atom. The van der Waals surface area contributed by atoms with Crippen molar-refractivity contribution in [3.63, 3.8) is 0 Å². The second-order valence-electron chi connectivity index (χ2n) is 25.6. The largest absolute Gasteiger partial charge is 0.320 e. The van der Waals surface area contributed by atoms with E-state index in [-0.39, 0.29) is 54.1 Å². The van der Waals surface area contributed by atoms with E-state index in [4.69, 9.17) is 17.2 Å². The van der Waals surface area contributed by atoms with Crippen LogP contribution in [0.4, 0.5) is 0 Å². The van der Waals surface area contributed by atoms with Crippen molar-refractivity contribution in [2.75, 3.05) is 19.6 Å². The van der Waals surface area contributed by atoms with Crippen molar-refractivity contribution in [2.24, 2.45) is 35.0 Å². The highest BCUT2D eigenvalue weighted by Gasteiger charge is 2.34. The van der Waals surface area contributed by atoms with Crippen LogP contribution in [0.2, 0.25) is 0 Å². The molecule has 0 saturated carbocycles. The van der Waals surface area contributed by atoms with Crippen molar-refractivity contribution in [3.05, 3.63) is 34.9 Å². The summed E-state index contributed by atoms with van der Waals surface area (Å²) >= 11 is 0. The summed E-state index contributed by atoms with van der Waals surface area (Å²) in [6, 6.07) is 1.35. The van der Waals surface area contributed by atoms with Gasteiger partial charge in [-0.25, -0.2) is 0 Å². The van der Waals surface area contributed by atoms with Gasteiger partial charge in [0.15, 0.2) is 0 Å². The first kappa shape index (κ1) is 75.5. The van der Waals surface area contributed by atoms with Crippen LogP contribution >= 0.6 is 0 Å². The Balaban J connectivity index is 3.76. The van der Waals surface area contributed by atoms with Gasteiger partial charge in [-0.1, -0.05) is 274 Å². The number of benzene rings is 1. The number of unbranched alkanes of at least 4 members (excludes halogenated alkanes) is 33. The Bertz CT molecular complexity index is 1620. The first-order valence-corrected chi connectivity index (χ1v) is 33.9. The summed E-state index contributed by atoms with van der Waals surface area (Å²) in [4.78, 5) is 92.2. The summed E-state index contributed by atoms with van der Waals surface area (Å²) in [6.45, 7) is 18.9. The summed E-state index contributed by atoms with van der Waals surface area (Å²) in [5, 5.41) is 0. The maximum Gasteiger partial charge on any atom is 0.260 e. The summed E-state index contributed by atoms with van der Waals surface area (Å²) in [7, 11) is 0. The van der Waals surface area contributed by atoms with Gasteiger partial charge in [0.2, 0.25) is 17.7 Å². The van der Waals surface area contributed by atoms with E-state index >= 15 is 14.4 Å². The lowest BCUT2D eigenvalue weighted by molar-refractivity contribution is -0.131. The fourth-order valence-electron chi connectivity index (χ4n) is 11.2. The number of imide groups is 3. The molecule has 0 aliphatic heterocycles. The Morgan fingerprint density at radius 2 is 0.457 bits per heavy atom. The van der Waals surface area contributed by atoms with E-state index in [1.54, 1.807) is 0 Å². The predicted molar refractivity (Wildman–Crippen MR) is 340 cm³/mol. The second kappa shape index (κ2) is 47.8. The average molecular weight is 1140 g/mol. The molecule has 0 aromatic heterocycles. The molecular formula is C69H126N6O6. The number of hydrogen-bond acceptors (Lipinski definition) is 9. The molecule has 0 fully saturated rings. The number of rotatable bonds is 51. The van der Waals surface area contributed by atoms with E-state index in [1.165, 1.54) is 168 Å². The van der Waals surface area contributed by atoms with Crippen LogP contribution in [0, 0.1) is 17.8 Å². The summed E-state index contributed by atoms with van der Waals surface area (Å²) in [5.41, 5.74) is 19.5. The molecule has 1 aromatic rings. The fourth-order valence-corrected chi connectivity index (χ4v) is 11.2. The van der Waals surface area contributed by atoms with E-state index in [9.17, 15) is 14.4 Å². The van der Waals surface area contributed by atoms with E-state index in [2.05, 4.69) is 20.8 Å². The minimum absolute atomic E-state index is 0.0679. The van der Waals surface area contributed by atoms with Crippen molar-refractivity contribution in [3.8, 4) is 0 Å². The van der Waals surface area contributed by atoms with Gasteiger partial charge in [0.25, 0.3) is 17.7 Å². The summed E-state index contributed by atoms with van der Waals surface area (Å²) < 4.78 is 0. The average Bonchev–Trinajstić information content (AvgIpc) is 3.47. The van der Waals surface area contributed by atoms with Gasteiger partial charge in [0, 0.05) is 36.3 Å². The molecule has 0 aliphatic rings. The molecule has 12 nitrogen and oxygen atoms in total. The van der Waals surface area contributed by atoms with Gasteiger partial charge in [0.1, 0.15) is 0 Å². The Kier molecular flexibility index (Phi) is 44.6. The van der Waals surface area contributed by atoms with Gasteiger partial charge >= 0.3 is 0 Å². The number of carbonyl (C=O) groups excluding carboxylic acids is 6. The first-order chi connectivity index (χ1) is 38.9. The molecule has 1 rings (SSSR count). The van der Waals surface area contributed by atoms with Crippen molar-refractivity contribution in [1.29, 1.82) is 0 Å². The number of carbonyl (C=O) groups is 6. The molecule has 6 N–H and O–H groups in total. The van der Waals surface area contributed by atoms with Crippen LogP contribution in [0.25, 0.3) is 0 Å². The van der Waals surface area contributed by atoms with Gasteiger partial charge in [-0.2, -0.15) is 0 Å². The lowest BCUT2D eigenvalue weighted by atomic mass is 9.99. The highest BCUT2D eigenvalue weighted by Crippen LogP contribution is 2.23. The number of nitrogens with two attached hydrogens (primary N) is 3. The second-order valence-corrected chi connectivity index (χ2v) is 25.6. The zero-order valence-electron chi connectivity index (χ0n) is 53.9. The highest BCUT2D eigenvalue weighted by molar-refractivity contribution is 6.13. The molecule has 0 radical (unpaired) electrons. The normalized spacial score (nSPS) is 12.8. The van der Waals surface area contributed by atoms with Gasteiger partial charge < -0.3 is 17.2 Å². The Labute approximate surface area is 497 Å². The maximum atomic E-state index is 15.1. The van der Waals surface area contributed by atoms with Crippen LogP contribution in [0.3, 0.4) is 0 Å². The molecule has 0 saturated heterocycles. The molecule has 0 spiro atoms. The standard InChI is InChI=1S/C69H126N6O6/c1-10-13-16-19-22-25-28-31-34-37-40-43-46-73(67(79)61(70)49-55(4)5)64(76)58-52-59(65(77)74(68(80)62(71)50-56(6)7)47-44-41-38-35-32-29-26-23-20-17-14-11-2)54-60(53-58)66(78)75(69(81)63(72)51-57(8)9)48-45-42-39-36-33-30-27-24-21-18-15-12-3/h52-57,61-63H,10-51,70-72H2,1-9H3. The zero-order chi connectivity index (χ0) is 60.2. The van der Waals surface area contributed by atoms with Gasteiger partial charge in [-0.15, -0.1) is 0 Å². The molecule has 3 atom stereocenters. The zero-order valence-corrected chi connectivity index (χ0v) is 53.9. The smallest absolute Gasteiger partial charge is 0.260 e. The van der Waals surface area contributed by atoms with Gasteiger partial charge in [-0.3, -0.25) is 43.5 Å². The maximum absolute atomic E-state index is 15.1. The molecule has 468 valence electrons. The predicted octanol–water partition coefficient (Wildman–Crippen LogP) is 16.8. The minimum atomic E-state index is -0.950. The molecule has 1 aromatic carbocycles. The Morgan fingerprint density at radius 1 is 0.296 bits per heavy atom. The van der Waals surface area contributed by atoms with Crippen molar-refractivity contribution >= 4 is 35.4 Å². The third kappa shape index (κ3) is 34.8. The van der Waals surface area contributed by atoms with Crippen LogP contribution in [0.1, 0.15) is 344 Å². The van der Waals surface area contributed by atoms with Crippen LogP contribution in [-0.2, 0) is 14.4 Å². The van der Waals surface area contributed by atoms with Crippen LogP contribution < -0.4 is 17.2 Å². The third-order valence-corrected chi connectivity index (χ3v) is 16.0. The molecule has 81 heavy (non-hydrogen) atoms. The number of nitrogens with zero attached hydrogens (tertiary/aromatic N) is 3. The fraction of sp³-hybridized carbons (Fsp3) is 0.826. The minimum Gasteiger partial charge on any atom is -0.320 e. The molecule has 0 aliphatic carbocycles. The van der Waals surface area contributed by atoms with Crippen LogP contribution in [-0.4, -0.2) is 87.9 Å². The quantitative estimate of drug-likeness (QED) is 0.0533. The van der Waals surface area contributed by atoms with Crippen molar-refractivity contribution < 1.29 is 28.8 Å². The summed E-state index contributed by atoms with van der Waals surface area (Å²) in [6.07, 6.45) is 41.4. The lowest BCUT2D eigenvalue weighted by Gasteiger charge is -2.28. The number of amides is 6. The SMILES string of the molecule is CCCCCCCCCCCCCCN(C(=O)c1cc(C(=O)N(CCCCCCCCCCCCCC)C(=O)C(N)CC(C)C)cc(C(=O)N(CCCCCCCCCCCCCC)C(=O)C(N)CC(C)C)c1)C(=O)C(N)CC(C)C.